The number of carbonyl (C=O) groups excluding carboxylic acids is 2. The van der Waals surface area contributed by atoms with Crippen molar-refractivity contribution in [3.8, 4) is 0 Å². The molecule has 2 saturated heterocycles. The van der Waals surface area contributed by atoms with Crippen LogP contribution < -0.4 is 9.83 Å². The van der Waals surface area contributed by atoms with Gasteiger partial charge in [-0.25, -0.2) is 0 Å². The number of nitrogens with one attached hydrogen (secondary N) is 1. The third kappa shape index (κ3) is 4.18. The monoisotopic (exact) mass is 447 g/mol. The summed E-state index contributed by atoms with van der Waals surface area (Å²) >= 11 is 1.44. The van der Waals surface area contributed by atoms with Gasteiger partial charge in [-0.1, -0.05) is 0 Å². The van der Waals surface area contributed by atoms with Crippen molar-refractivity contribution in [1.29, 1.82) is 0 Å². The number of nitrogens with zero attached hydrogens (tertiary/aromatic N) is 2. The fourth-order valence-corrected chi connectivity index (χ4v) is 4.02. The molecule has 2 aliphatic rings. The molecule has 1 aromatic carbocycles. The Bertz CT molecular complexity index is 819. The molecule has 2 N–H and O–H groups in total. The number of urea groups is 1. The van der Waals surface area contributed by atoms with Crippen LogP contribution in [0.4, 0.5) is 4.79 Å². The number of benzene rings is 1. The summed E-state index contributed by atoms with van der Waals surface area (Å²) in [6, 6.07) is 5.51. The Balaban J connectivity index is 1.58. The van der Waals surface area contributed by atoms with E-state index in [4.69, 9.17) is 9.39 Å². The maximum absolute atomic E-state index is 12.3. The number of hydrogen-bond donors (Lipinski definition) is 2. The molecule has 0 spiro atoms. The molecule has 26 heavy (non-hydrogen) atoms. The third-order valence-electron chi connectivity index (χ3n) is 4.26. The standard InChI is InChI=1S/C14H18AsN3O7S/c15-11-4-2-1-3-9(11)8-24-16-13(19)12-6-5-10-7-17(12)14(20)18(10)25-26(21,22)23/h1-4,10,12H,5-8,15H2,(H,16,19)(H,21,22,23). The van der Waals surface area contributed by atoms with Gasteiger partial charge in [-0.05, 0) is 0 Å². The summed E-state index contributed by atoms with van der Waals surface area (Å²) in [6.07, 6.45) is 0.681. The van der Waals surface area contributed by atoms with Gasteiger partial charge in [-0.2, -0.15) is 8.42 Å². The molecule has 2 bridgehead atoms. The van der Waals surface area contributed by atoms with E-state index in [1.54, 1.807) is 0 Å². The fraction of sp³-hybridized carbons (Fsp3) is 0.429. The van der Waals surface area contributed by atoms with Gasteiger partial charge < -0.3 is 0 Å². The molecule has 1 aromatic rings. The topological polar surface area (TPSA) is 125 Å². The number of hydrogen-bond acceptors (Lipinski definition) is 6. The molecule has 12 heteroatoms. The minimum atomic E-state index is -4.81. The second kappa shape index (κ2) is 7.53. The second-order valence-corrected chi connectivity index (χ2v) is 8.27. The van der Waals surface area contributed by atoms with Crippen LogP contribution in [0, 0.1) is 0 Å². The molecule has 2 fully saturated rings. The van der Waals surface area contributed by atoms with E-state index in [1.807, 2.05) is 24.3 Å². The van der Waals surface area contributed by atoms with Gasteiger partial charge in [0.2, 0.25) is 0 Å². The van der Waals surface area contributed by atoms with E-state index in [0.717, 1.165) is 9.91 Å². The normalized spacial score (nSPS) is 22.6. The van der Waals surface area contributed by atoms with Crippen molar-refractivity contribution in [1.82, 2.24) is 15.4 Å². The number of carbonyl (C=O) groups is 2. The van der Waals surface area contributed by atoms with Crippen LogP contribution in [0.5, 0.6) is 0 Å². The van der Waals surface area contributed by atoms with E-state index in [2.05, 4.69) is 9.76 Å². The fourth-order valence-electron chi connectivity index (χ4n) is 3.02. The molecule has 2 aliphatic heterocycles. The van der Waals surface area contributed by atoms with E-state index < -0.39 is 34.4 Å². The Labute approximate surface area is 158 Å². The van der Waals surface area contributed by atoms with Crippen LogP contribution in [0.2, 0.25) is 0 Å². The van der Waals surface area contributed by atoms with Crippen molar-refractivity contribution in [2.24, 2.45) is 0 Å². The summed E-state index contributed by atoms with van der Waals surface area (Å²) in [6.45, 7) is 0.328. The van der Waals surface area contributed by atoms with Crippen LogP contribution in [0.25, 0.3) is 0 Å². The van der Waals surface area contributed by atoms with Crippen molar-refractivity contribution in [2.75, 3.05) is 6.54 Å². The Kier molecular flexibility index (Phi) is 5.54. The summed E-state index contributed by atoms with van der Waals surface area (Å²) in [5, 5.41) is 0.596. The number of hydroxylamine groups is 3. The van der Waals surface area contributed by atoms with E-state index in [-0.39, 0.29) is 13.2 Å². The van der Waals surface area contributed by atoms with E-state index >= 15 is 0 Å². The second-order valence-electron chi connectivity index (χ2n) is 5.96. The SMILES string of the molecule is O=C(NOCc1ccccc1[AsH2])C1CCC2CN1C(=O)N2OS(=O)(=O)O. The molecule has 2 heterocycles. The van der Waals surface area contributed by atoms with Crippen LogP contribution in [-0.4, -0.2) is 70.4 Å². The average molecular weight is 447 g/mol. The van der Waals surface area contributed by atoms with Crippen molar-refractivity contribution in [3.05, 3.63) is 29.8 Å². The summed E-state index contributed by atoms with van der Waals surface area (Å²) in [7, 11) is -4.81. The first-order valence-corrected chi connectivity index (χ1v) is 10.4. The third-order valence-corrected chi connectivity index (χ3v) is 5.79. The summed E-state index contributed by atoms with van der Waals surface area (Å²) in [5.74, 6) is -0.496. The predicted molar refractivity (Wildman–Crippen MR) is 90.9 cm³/mol. The molecule has 3 rings (SSSR count). The Morgan fingerprint density at radius 2 is 2.08 bits per heavy atom. The molecule has 0 saturated carbocycles. The Morgan fingerprint density at radius 1 is 1.35 bits per heavy atom. The van der Waals surface area contributed by atoms with Crippen LogP contribution in [0.15, 0.2) is 24.3 Å². The van der Waals surface area contributed by atoms with E-state index in [9.17, 15) is 18.0 Å². The number of fused-ring (bicyclic) bond motifs is 2. The molecule has 3 amide bonds. The van der Waals surface area contributed by atoms with Crippen molar-refractivity contribution >= 4 is 43.5 Å². The quantitative estimate of drug-likeness (QED) is 0.309. The average Bonchev–Trinajstić information content (AvgIpc) is 2.80. The zero-order valence-corrected chi connectivity index (χ0v) is 16.8. The van der Waals surface area contributed by atoms with Crippen LogP contribution in [-0.2, 0) is 30.9 Å². The van der Waals surface area contributed by atoms with Gasteiger partial charge in [0.25, 0.3) is 0 Å². The number of rotatable bonds is 6. The molecule has 0 aliphatic carbocycles. The van der Waals surface area contributed by atoms with Gasteiger partial charge in [0.1, 0.15) is 0 Å². The summed E-state index contributed by atoms with van der Waals surface area (Å²) < 4.78 is 35.9. The number of piperidine rings is 1. The predicted octanol–water partition coefficient (Wildman–Crippen LogP) is -1.50. The molecule has 142 valence electrons. The first-order chi connectivity index (χ1) is 12.3. The van der Waals surface area contributed by atoms with Crippen LogP contribution in [0.1, 0.15) is 18.4 Å². The van der Waals surface area contributed by atoms with Crippen LogP contribution in [0.3, 0.4) is 0 Å². The Hall–Kier alpha value is -1.65. The van der Waals surface area contributed by atoms with Crippen LogP contribution >= 0.6 is 0 Å². The van der Waals surface area contributed by atoms with Crippen molar-refractivity contribution < 1.29 is 31.7 Å². The molecule has 3 unspecified atom stereocenters. The molecule has 0 radical (unpaired) electrons. The van der Waals surface area contributed by atoms with E-state index in [0.29, 0.717) is 17.9 Å². The van der Waals surface area contributed by atoms with Gasteiger partial charge in [0.05, 0.1) is 0 Å². The molecule has 3 atom stereocenters. The first-order valence-electron chi connectivity index (χ1n) is 7.78. The van der Waals surface area contributed by atoms with Gasteiger partial charge in [-0.15, -0.1) is 0 Å². The molecule has 0 aromatic heterocycles. The van der Waals surface area contributed by atoms with Gasteiger partial charge in [-0.3, -0.25) is 4.55 Å². The molecular weight excluding hydrogens is 429 g/mol. The minimum absolute atomic E-state index is 0.132. The smallest absolute Gasteiger partial charge is 0.262 e. The molecule has 10 nitrogen and oxygen atoms in total. The minimum Gasteiger partial charge on any atom is -0.262 e. The summed E-state index contributed by atoms with van der Waals surface area (Å²) in [4.78, 5) is 31.1. The zero-order chi connectivity index (χ0) is 18.9. The van der Waals surface area contributed by atoms with Gasteiger partial charge in [0, 0.05) is 0 Å². The van der Waals surface area contributed by atoms with Crippen molar-refractivity contribution in [3.63, 3.8) is 0 Å². The van der Waals surface area contributed by atoms with Gasteiger partial charge in [0.15, 0.2) is 0 Å². The number of amides is 3. The van der Waals surface area contributed by atoms with Gasteiger partial charge >= 0.3 is 146 Å². The maximum atomic E-state index is 12.3. The van der Waals surface area contributed by atoms with Crippen molar-refractivity contribution in [2.45, 2.75) is 31.5 Å². The summed E-state index contributed by atoms with van der Waals surface area (Å²) in [5.41, 5.74) is 3.29. The first kappa shape index (κ1) is 19.1. The van der Waals surface area contributed by atoms with E-state index in [1.165, 1.54) is 21.8 Å². The molecular formula is C14H18AsN3O7S. The Morgan fingerprint density at radius 3 is 2.77 bits per heavy atom. The zero-order valence-electron chi connectivity index (χ0n) is 13.6.